The number of fused-ring (bicyclic) bond motifs is 1. The highest BCUT2D eigenvalue weighted by Gasteiger charge is 2.18. The molecule has 2 amide bonds. The summed E-state index contributed by atoms with van der Waals surface area (Å²) in [6.45, 7) is 7.30. The van der Waals surface area contributed by atoms with Crippen molar-refractivity contribution in [1.29, 1.82) is 0 Å². The van der Waals surface area contributed by atoms with Crippen molar-refractivity contribution in [2.24, 2.45) is 5.73 Å². The van der Waals surface area contributed by atoms with E-state index >= 15 is 0 Å². The van der Waals surface area contributed by atoms with Gasteiger partial charge in [-0.15, -0.1) is 0 Å². The first kappa shape index (κ1) is 20.3. The smallest absolute Gasteiger partial charge is 0.330 e. The van der Waals surface area contributed by atoms with Gasteiger partial charge in [-0.2, -0.15) is 4.98 Å². The number of nitrogens with two attached hydrogens (primary N) is 1. The molecule has 148 valence electrons. The number of amides is 2. The molecule has 1 aliphatic heterocycles. The number of hydrogen-bond donors (Lipinski definition) is 4. The van der Waals surface area contributed by atoms with Gasteiger partial charge in [0.25, 0.3) is 0 Å². The number of urea groups is 1. The molecule has 0 radical (unpaired) electrons. The first-order valence-corrected chi connectivity index (χ1v) is 8.83. The average Bonchev–Trinajstić information content (AvgIpc) is 2.72. The number of nitrogens with one attached hydrogen (secondary N) is 3. The summed E-state index contributed by atoms with van der Waals surface area (Å²) < 4.78 is 10.7. The number of carbonyl (C=O) groups is 1. The molecule has 0 atom stereocenters. The largest absolute Gasteiger partial charge is 0.493 e. The summed E-state index contributed by atoms with van der Waals surface area (Å²) in [4.78, 5) is 22.3. The number of primary amides is 1. The number of hydrazine groups is 1. The normalized spacial score (nSPS) is 13.4. The molecule has 2 heterocycles. The molecule has 2 aromatic rings. The first-order valence-electron chi connectivity index (χ1n) is 8.83. The van der Waals surface area contributed by atoms with Crippen LogP contribution in [0.25, 0.3) is 10.9 Å². The molecule has 5 N–H and O–H groups in total. The van der Waals surface area contributed by atoms with Gasteiger partial charge in [-0.3, -0.25) is 10.9 Å². The molecule has 10 nitrogen and oxygen atoms in total. The lowest BCUT2D eigenvalue weighted by Gasteiger charge is -2.28. The van der Waals surface area contributed by atoms with Crippen LogP contribution in [0.15, 0.2) is 12.1 Å². The van der Waals surface area contributed by atoms with Crippen molar-refractivity contribution >= 4 is 28.7 Å². The molecule has 1 aliphatic rings. The van der Waals surface area contributed by atoms with Crippen molar-refractivity contribution in [1.82, 2.24) is 20.7 Å². The van der Waals surface area contributed by atoms with E-state index in [0.717, 1.165) is 26.2 Å². The second-order valence-electron chi connectivity index (χ2n) is 5.45. The molecule has 1 fully saturated rings. The molecule has 1 aromatic heterocycles. The fourth-order valence-corrected chi connectivity index (χ4v) is 2.67. The fraction of sp³-hybridized carbons (Fsp3) is 0.471. The second-order valence-corrected chi connectivity index (χ2v) is 5.45. The lowest BCUT2D eigenvalue weighted by Crippen LogP contribution is -2.44. The van der Waals surface area contributed by atoms with Crippen LogP contribution >= 0.6 is 0 Å². The monoisotopic (exact) mass is 377 g/mol. The van der Waals surface area contributed by atoms with E-state index in [4.69, 9.17) is 15.2 Å². The van der Waals surface area contributed by atoms with Crippen LogP contribution < -0.4 is 36.3 Å². The van der Waals surface area contributed by atoms with Crippen LogP contribution in [-0.4, -0.2) is 56.4 Å². The molecular weight excluding hydrogens is 350 g/mol. The zero-order valence-electron chi connectivity index (χ0n) is 16.1. The number of methoxy groups -OCH3 is 2. The van der Waals surface area contributed by atoms with Crippen LogP contribution in [0.3, 0.4) is 0 Å². The average molecular weight is 377 g/mol. The number of carbonyl (C=O) groups excluding carboxylic acids is 1. The molecule has 0 bridgehead atoms. The maximum Gasteiger partial charge on any atom is 0.330 e. The number of nitrogens with zero attached hydrogens (tertiary/aromatic N) is 3. The van der Waals surface area contributed by atoms with Crippen LogP contribution in [0.4, 0.5) is 16.6 Å². The summed E-state index contributed by atoms with van der Waals surface area (Å²) in [5, 5.41) is 3.96. The topological polar surface area (TPSA) is 127 Å². The van der Waals surface area contributed by atoms with E-state index in [-0.39, 0.29) is 0 Å². The fourth-order valence-electron chi connectivity index (χ4n) is 2.67. The number of aromatic nitrogens is 2. The van der Waals surface area contributed by atoms with Crippen molar-refractivity contribution in [3.8, 4) is 11.5 Å². The first-order chi connectivity index (χ1) is 13.1. The predicted octanol–water partition coefficient (Wildman–Crippen LogP) is 1.08. The minimum atomic E-state index is -0.712. The van der Waals surface area contributed by atoms with Crippen molar-refractivity contribution in [2.45, 2.75) is 13.8 Å². The van der Waals surface area contributed by atoms with E-state index < -0.39 is 6.03 Å². The Morgan fingerprint density at radius 2 is 1.78 bits per heavy atom. The van der Waals surface area contributed by atoms with Crippen molar-refractivity contribution in [3.63, 3.8) is 0 Å². The summed E-state index contributed by atoms with van der Waals surface area (Å²) in [6, 6.07) is 2.81. The van der Waals surface area contributed by atoms with Gasteiger partial charge in [-0.25, -0.2) is 9.78 Å². The van der Waals surface area contributed by atoms with E-state index in [0.29, 0.717) is 34.2 Å². The zero-order chi connectivity index (χ0) is 19.8. The number of rotatable bonds is 5. The minimum Gasteiger partial charge on any atom is -0.493 e. The van der Waals surface area contributed by atoms with Crippen LogP contribution in [0.2, 0.25) is 0 Å². The highest BCUT2D eigenvalue weighted by molar-refractivity contribution is 5.93. The molecular formula is C17H27N7O3. The Balaban J connectivity index is 0.00000126. The van der Waals surface area contributed by atoms with Gasteiger partial charge in [0.05, 0.1) is 19.7 Å². The van der Waals surface area contributed by atoms with E-state index in [1.807, 2.05) is 13.8 Å². The van der Waals surface area contributed by atoms with E-state index in [1.54, 1.807) is 26.4 Å². The summed E-state index contributed by atoms with van der Waals surface area (Å²) in [5.74, 6) is 2.10. The van der Waals surface area contributed by atoms with Crippen LogP contribution in [0.1, 0.15) is 13.8 Å². The molecule has 0 saturated carbocycles. The number of piperazine rings is 1. The van der Waals surface area contributed by atoms with Gasteiger partial charge < -0.3 is 25.4 Å². The maximum atomic E-state index is 11.1. The molecule has 0 spiro atoms. The van der Waals surface area contributed by atoms with Crippen molar-refractivity contribution in [3.05, 3.63) is 12.1 Å². The Hall–Kier alpha value is -3.01. The van der Waals surface area contributed by atoms with Gasteiger partial charge >= 0.3 is 6.03 Å². The highest BCUT2D eigenvalue weighted by Crippen LogP contribution is 2.34. The Bertz CT molecular complexity index is 779. The Morgan fingerprint density at radius 1 is 1.15 bits per heavy atom. The number of anilines is 2. The molecule has 1 aromatic carbocycles. The molecule has 0 unspecified atom stereocenters. The lowest BCUT2D eigenvalue weighted by molar-refractivity contribution is 0.250. The SMILES string of the molecule is CC.COc1cc2nc(N3CCNCC3)nc(NNC(N)=O)c2cc1OC. The third-order valence-electron chi connectivity index (χ3n) is 3.89. The van der Waals surface area contributed by atoms with E-state index in [1.165, 1.54) is 0 Å². The third-order valence-corrected chi connectivity index (χ3v) is 3.89. The Labute approximate surface area is 158 Å². The van der Waals surface area contributed by atoms with Crippen LogP contribution in [-0.2, 0) is 0 Å². The second kappa shape index (κ2) is 9.62. The standard InChI is InChI=1S/C15H21N7O3.C2H6/c1-24-11-7-9-10(8-12(11)25-2)18-15(22-5-3-17-4-6-22)19-13(9)20-21-14(16)23;1-2/h7-8,17H,3-6H2,1-2H3,(H3,16,21,23)(H,18,19,20);1-2H3. The summed E-state index contributed by atoms with van der Waals surface area (Å²) in [5.41, 5.74) is 10.9. The van der Waals surface area contributed by atoms with Gasteiger partial charge in [0, 0.05) is 37.6 Å². The molecule has 10 heteroatoms. The Morgan fingerprint density at radius 3 is 2.37 bits per heavy atom. The maximum absolute atomic E-state index is 11.1. The predicted molar refractivity (Wildman–Crippen MR) is 105 cm³/mol. The number of benzene rings is 1. The number of ether oxygens (including phenoxy) is 2. The lowest BCUT2D eigenvalue weighted by atomic mass is 10.2. The van der Waals surface area contributed by atoms with Crippen molar-refractivity contribution < 1.29 is 14.3 Å². The van der Waals surface area contributed by atoms with Gasteiger partial charge in [0.1, 0.15) is 0 Å². The molecule has 3 rings (SSSR count). The van der Waals surface area contributed by atoms with Crippen LogP contribution in [0.5, 0.6) is 11.5 Å². The van der Waals surface area contributed by atoms with E-state index in [9.17, 15) is 4.79 Å². The van der Waals surface area contributed by atoms with Gasteiger partial charge in [-0.05, 0) is 6.07 Å². The zero-order valence-corrected chi connectivity index (χ0v) is 16.1. The van der Waals surface area contributed by atoms with Crippen molar-refractivity contribution in [2.75, 3.05) is 50.7 Å². The van der Waals surface area contributed by atoms with Crippen LogP contribution in [0, 0.1) is 0 Å². The van der Waals surface area contributed by atoms with Gasteiger partial charge in [0.2, 0.25) is 5.95 Å². The van der Waals surface area contributed by atoms with E-state index in [2.05, 4.69) is 31.0 Å². The molecule has 27 heavy (non-hydrogen) atoms. The van der Waals surface area contributed by atoms with Gasteiger partial charge in [0.15, 0.2) is 17.3 Å². The van der Waals surface area contributed by atoms with Gasteiger partial charge in [-0.1, -0.05) is 13.8 Å². The molecule has 1 saturated heterocycles. The Kier molecular flexibility index (Phi) is 7.24. The third kappa shape index (κ3) is 4.79. The minimum absolute atomic E-state index is 0.429. The summed E-state index contributed by atoms with van der Waals surface area (Å²) >= 11 is 0. The quantitative estimate of drug-likeness (QED) is 0.570. The highest BCUT2D eigenvalue weighted by atomic mass is 16.5. The molecule has 0 aliphatic carbocycles. The summed E-state index contributed by atoms with van der Waals surface area (Å²) in [7, 11) is 3.12. The summed E-state index contributed by atoms with van der Waals surface area (Å²) in [6.07, 6.45) is 0. The number of hydrogen-bond acceptors (Lipinski definition) is 8.